The van der Waals surface area contributed by atoms with Crippen molar-refractivity contribution in [2.45, 2.75) is 25.7 Å². The average molecular weight is 485 g/mol. The molecule has 0 unspecified atom stereocenters. The van der Waals surface area contributed by atoms with Gasteiger partial charge in [0.1, 0.15) is 12.4 Å². The molecule has 178 valence electrons. The number of anilines is 2. The summed E-state index contributed by atoms with van der Waals surface area (Å²) < 4.78 is 46.2. The third-order valence-corrected chi connectivity index (χ3v) is 6.82. The number of hydrogen-bond acceptors (Lipinski definition) is 5. The molecule has 0 spiro atoms. The zero-order valence-corrected chi connectivity index (χ0v) is 19.9. The topological polar surface area (TPSA) is 92.8 Å². The molecule has 0 saturated carbocycles. The van der Waals surface area contributed by atoms with Gasteiger partial charge >= 0.3 is 5.97 Å². The summed E-state index contributed by atoms with van der Waals surface area (Å²) >= 11 is 0. The molecular formula is C25H25FN2O5S. The van der Waals surface area contributed by atoms with Crippen molar-refractivity contribution >= 4 is 33.3 Å². The molecular weight excluding hydrogens is 459 g/mol. The first kappa shape index (κ1) is 24.9. The number of nitrogens with zero attached hydrogens (tertiary/aromatic N) is 1. The molecule has 3 aromatic rings. The monoisotopic (exact) mass is 484 g/mol. The van der Waals surface area contributed by atoms with Crippen molar-refractivity contribution in [3.63, 3.8) is 0 Å². The molecule has 0 aliphatic rings. The number of ether oxygens (including phenoxy) is 1. The molecule has 0 aliphatic carbocycles. The Labute approximate surface area is 198 Å². The van der Waals surface area contributed by atoms with Crippen LogP contribution in [0.3, 0.4) is 0 Å². The van der Waals surface area contributed by atoms with Gasteiger partial charge in [-0.15, -0.1) is 0 Å². The van der Waals surface area contributed by atoms with Crippen LogP contribution >= 0.6 is 0 Å². The number of benzene rings is 3. The number of carbonyl (C=O) groups is 2. The number of rotatable bonds is 8. The molecule has 3 aromatic carbocycles. The van der Waals surface area contributed by atoms with E-state index in [1.807, 2.05) is 6.92 Å². The van der Waals surface area contributed by atoms with E-state index in [4.69, 9.17) is 4.74 Å². The van der Waals surface area contributed by atoms with Gasteiger partial charge < -0.3 is 10.1 Å². The average Bonchev–Trinajstić information content (AvgIpc) is 2.80. The minimum Gasteiger partial charge on any atom is -0.462 e. The van der Waals surface area contributed by atoms with E-state index < -0.39 is 34.3 Å². The minimum absolute atomic E-state index is 0.00397. The van der Waals surface area contributed by atoms with Gasteiger partial charge in [0.05, 0.1) is 22.8 Å². The first-order valence-corrected chi connectivity index (χ1v) is 12.0. The van der Waals surface area contributed by atoms with E-state index in [2.05, 4.69) is 5.32 Å². The second-order valence-corrected chi connectivity index (χ2v) is 9.46. The molecule has 0 radical (unpaired) electrons. The standard InChI is InChI=1S/C25H25FN2O5S/c1-4-33-25(30)19-8-7-18(3)23(15-19)27-24(29)16-28(21-11-9-20(26)10-12-21)34(31,32)22-13-5-17(2)6-14-22/h5-15H,4,16H2,1-3H3,(H,27,29). The van der Waals surface area contributed by atoms with E-state index in [0.29, 0.717) is 11.3 Å². The zero-order valence-electron chi connectivity index (χ0n) is 19.0. The summed E-state index contributed by atoms with van der Waals surface area (Å²) in [6, 6.07) is 15.7. The zero-order chi connectivity index (χ0) is 24.9. The van der Waals surface area contributed by atoms with Crippen molar-refractivity contribution in [2.24, 2.45) is 0 Å². The van der Waals surface area contributed by atoms with E-state index in [1.54, 1.807) is 38.1 Å². The summed E-state index contributed by atoms with van der Waals surface area (Å²) in [5.41, 5.74) is 2.29. The molecule has 7 nitrogen and oxygen atoms in total. The van der Waals surface area contributed by atoms with Crippen LogP contribution in [0, 0.1) is 19.7 Å². The normalized spacial score (nSPS) is 11.1. The van der Waals surface area contributed by atoms with Crippen LogP contribution in [0.25, 0.3) is 0 Å². The highest BCUT2D eigenvalue weighted by Gasteiger charge is 2.27. The quantitative estimate of drug-likeness (QED) is 0.477. The van der Waals surface area contributed by atoms with Crippen molar-refractivity contribution < 1.29 is 27.1 Å². The van der Waals surface area contributed by atoms with Gasteiger partial charge in [0.25, 0.3) is 10.0 Å². The maximum absolute atomic E-state index is 13.5. The van der Waals surface area contributed by atoms with Crippen LogP contribution in [0.15, 0.2) is 71.6 Å². The highest BCUT2D eigenvalue weighted by molar-refractivity contribution is 7.92. The Morgan fingerprint density at radius 1 is 0.971 bits per heavy atom. The number of aryl methyl sites for hydroxylation is 2. The summed E-state index contributed by atoms with van der Waals surface area (Å²) in [6.07, 6.45) is 0. The maximum Gasteiger partial charge on any atom is 0.338 e. The first-order valence-electron chi connectivity index (χ1n) is 10.5. The van der Waals surface area contributed by atoms with E-state index in [9.17, 15) is 22.4 Å². The van der Waals surface area contributed by atoms with Gasteiger partial charge in [0.15, 0.2) is 0 Å². The fourth-order valence-electron chi connectivity index (χ4n) is 3.18. The molecule has 0 aromatic heterocycles. The van der Waals surface area contributed by atoms with Crippen LogP contribution in [0.5, 0.6) is 0 Å². The predicted octanol–water partition coefficient (Wildman–Crippen LogP) is 4.45. The Bertz CT molecular complexity index is 1290. The van der Waals surface area contributed by atoms with Crippen LogP contribution in [-0.4, -0.2) is 33.4 Å². The third kappa shape index (κ3) is 5.79. The van der Waals surface area contributed by atoms with E-state index in [1.165, 1.54) is 30.3 Å². The van der Waals surface area contributed by atoms with Crippen molar-refractivity contribution in [3.05, 3.63) is 89.2 Å². The summed E-state index contributed by atoms with van der Waals surface area (Å²) in [5, 5.41) is 2.66. The van der Waals surface area contributed by atoms with Gasteiger partial charge in [-0.25, -0.2) is 17.6 Å². The van der Waals surface area contributed by atoms with Crippen LogP contribution in [0.4, 0.5) is 15.8 Å². The van der Waals surface area contributed by atoms with Gasteiger partial charge in [-0.2, -0.15) is 0 Å². The first-order chi connectivity index (χ1) is 16.1. The Balaban J connectivity index is 1.92. The van der Waals surface area contributed by atoms with Crippen LogP contribution < -0.4 is 9.62 Å². The lowest BCUT2D eigenvalue weighted by molar-refractivity contribution is -0.114. The lowest BCUT2D eigenvalue weighted by atomic mass is 10.1. The van der Waals surface area contributed by atoms with Gasteiger partial charge in [-0.3, -0.25) is 9.10 Å². The molecule has 0 atom stereocenters. The Hall–Kier alpha value is -3.72. The van der Waals surface area contributed by atoms with Crippen molar-refractivity contribution in [1.82, 2.24) is 0 Å². The maximum atomic E-state index is 13.5. The molecule has 0 aliphatic heterocycles. The molecule has 3 rings (SSSR count). The molecule has 1 N–H and O–H groups in total. The van der Waals surface area contributed by atoms with Crippen LogP contribution in [-0.2, 0) is 19.6 Å². The number of nitrogens with one attached hydrogen (secondary N) is 1. The third-order valence-electron chi connectivity index (χ3n) is 5.03. The Morgan fingerprint density at radius 2 is 1.62 bits per heavy atom. The van der Waals surface area contributed by atoms with Gasteiger partial charge in [0.2, 0.25) is 5.91 Å². The number of carbonyl (C=O) groups excluding carboxylic acids is 2. The van der Waals surface area contributed by atoms with Crippen LogP contribution in [0.2, 0.25) is 0 Å². The summed E-state index contributed by atoms with van der Waals surface area (Å²) in [5.74, 6) is -1.70. The fraction of sp³-hybridized carbons (Fsp3) is 0.200. The second kappa shape index (κ2) is 10.5. The number of hydrogen-bond donors (Lipinski definition) is 1. The van der Waals surface area contributed by atoms with Gasteiger partial charge in [-0.1, -0.05) is 23.8 Å². The summed E-state index contributed by atoms with van der Waals surface area (Å²) in [4.78, 5) is 25.0. The molecule has 1 amide bonds. The Kier molecular flexibility index (Phi) is 7.68. The highest BCUT2D eigenvalue weighted by Crippen LogP contribution is 2.25. The van der Waals surface area contributed by atoms with Crippen molar-refractivity contribution in [3.8, 4) is 0 Å². The van der Waals surface area contributed by atoms with Crippen LogP contribution in [0.1, 0.15) is 28.4 Å². The van der Waals surface area contributed by atoms with Crippen molar-refractivity contribution in [2.75, 3.05) is 22.8 Å². The molecule has 34 heavy (non-hydrogen) atoms. The van der Waals surface area contributed by atoms with Crippen molar-refractivity contribution in [1.29, 1.82) is 0 Å². The predicted molar refractivity (Wildman–Crippen MR) is 128 cm³/mol. The molecule has 0 fully saturated rings. The van der Waals surface area contributed by atoms with E-state index in [-0.39, 0.29) is 22.8 Å². The smallest absolute Gasteiger partial charge is 0.338 e. The molecule has 0 saturated heterocycles. The lowest BCUT2D eigenvalue weighted by Crippen LogP contribution is -2.38. The minimum atomic E-state index is -4.13. The fourth-order valence-corrected chi connectivity index (χ4v) is 4.60. The summed E-state index contributed by atoms with van der Waals surface area (Å²) in [6.45, 7) is 4.90. The second-order valence-electron chi connectivity index (χ2n) is 7.60. The largest absolute Gasteiger partial charge is 0.462 e. The summed E-state index contributed by atoms with van der Waals surface area (Å²) in [7, 11) is -4.13. The molecule has 0 bridgehead atoms. The molecule has 9 heteroatoms. The van der Waals surface area contributed by atoms with E-state index >= 15 is 0 Å². The SMILES string of the molecule is CCOC(=O)c1ccc(C)c(NC(=O)CN(c2ccc(F)cc2)S(=O)(=O)c2ccc(C)cc2)c1. The number of sulfonamides is 1. The Morgan fingerprint density at radius 3 is 2.24 bits per heavy atom. The number of esters is 1. The number of halogens is 1. The highest BCUT2D eigenvalue weighted by atomic mass is 32.2. The van der Waals surface area contributed by atoms with Gasteiger partial charge in [0, 0.05) is 5.69 Å². The van der Waals surface area contributed by atoms with E-state index in [0.717, 1.165) is 22.0 Å². The lowest BCUT2D eigenvalue weighted by Gasteiger charge is -2.24. The van der Waals surface area contributed by atoms with Gasteiger partial charge in [-0.05, 0) is 74.9 Å². The molecule has 0 heterocycles. The number of amides is 1.